The van der Waals surface area contributed by atoms with E-state index in [1.165, 1.54) is 6.07 Å². The molecule has 92 valence electrons. The summed E-state index contributed by atoms with van der Waals surface area (Å²) in [4.78, 5) is 12.1. The van der Waals surface area contributed by atoms with E-state index in [9.17, 15) is 9.18 Å². The summed E-state index contributed by atoms with van der Waals surface area (Å²) < 4.78 is 14.1. The summed E-state index contributed by atoms with van der Waals surface area (Å²) in [6.45, 7) is 1.94. The maximum atomic E-state index is 13.8. The zero-order valence-corrected chi connectivity index (χ0v) is 11.5. The van der Waals surface area contributed by atoms with Crippen molar-refractivity contribution in [2.75, 3.05) is 0 Å². The highest BCUT2D eigenvalue weighted by Gasteiger charge is 2.14. The van der Waals surface area contributed by atoms with Crippen molar-refractivity contribution in [2.45, 2.75) is 13.3 Å². The fourth-order valence-electron chi connectivity index (χ4n) is 1.80. The van der Waals surface area contributed by atoms with Crippen LogP contribution in [0.3, 0.4) is 0 Å². The normalized spacial score (nSPS) is 10.4. The van der Waals surface area contributed by atoms with Gasteiger partial charge in [0, 0.05) is 6.42 Å². The summed E-state index contributed by atoms with van der Waals surface area (Å²) in [6, 6.07) is 12.4. The van der Waals surface area contributed by atoms with Crippen LogP contribution in [0.1, 0.15) is 21.5 Å². The molecule has 2 rings (SSSR count). The Kier molecular flexibility index (Phi) is 3.92. The molecule has 0 aliphatic heterocycles. The van der Waals surface area contributed by atoms with Gasteiger partial charge in [-0.1, -0.05) is 30.3 Å². The first kappa shape index (κ1) is 13.0. The van der Waals surface area contributed by atoms with Crippen molar-refractivity contribution in [1.29, 1.82) is 0 Å². The van der Waals surface area contributed by atoms with E-state index in [0.29, 0.717) is 4.47 Å². The van der Waals surface area contributed by atoms with Gasteiger partial charge in [-0.2, -0.15) is 0 Å². The van der Waals surface area contributed by atoms with Crippen LogP contribution in [0.2, 0.25) is 0 Å². The topological polar surface area (TPSA) is 17.1 Å². The molecule has 18 heavy (non-hydrogen) atoms. The maximum Gasteiger partial charge on any atom is 0.170 e. The lowest BCUT2D eigenvalue weighted by Gasteiger charge is -2.06. The Morgan fingerprint density at radius 3 is 2.61 bits per heavy atom. The highest BCUT2D eigenvalue weighted by Crippen LogP contribution is 2.20. The maximum absolute atomic E-state index is 13.8. The molecular formula is C15H12BrFO. The first-order valence-corrected chi connectivity index (χ1v) is 6.40. The molecule has 3 heteroatoms. The molecule has 0 bridgehead atoms. The van der Waals surface area contributed by atoms with E-state index < -0.39 is 5.82 Å². The van der Waals surface area contributed by atoms with Gasteiger partial charge in [0.15, 0.2) is 5.78 Å². The monoisotopic (exact) mass is 306 g/mol. The van der Waals surface area contributed by atoms with Crippen LogP contribution in [-0.4, -0.2) is 5.78 Å². The van der Waals surface area contributed by atoms with Crippen LogP contribution in [0.4, 0.5) is 4.39 Å². The highest BCUT2D eigenvalue weighted by atomic mass is 79.9. The summed E-state index contributed by atoms with van der Waals surface area (Å²) in [5.41, 5.74) is 2.11. The molecule has 0 aromatic heterocycles. The van der Waals surface area contributed by atoms with E-state index in [0.717, 1.165) is 11.1 Å². The lowest BCUT2D eigenvalue weighted by atomic mass is 9.99. The number of rotatable bonds is 3. The predicted octanol–water partition coefficient (Wildman–Crippen LogP) is 4.32. The van der Waals surface area contributed by atoms with E-state index in [1.807, 2.05) is 31.2 Å². The number of Topliss-reactive ketones (excluding diaryl/α,β-unsaturated/α-hetero) is 1. The number of hydrogen-bond donors (Lipinski definition) is 0. The number of hydrogen-bond acceptors (Lipinski definition) is 1. The number of benzene rings is 2. The quantitative estimate of drug-likeness (QED) is 0.772. The third-order valence-electron chi connectivity index (χ3n) is 2.86. The largest absolute Gasteiger partial charge is 0.294 e. The second-order valence-electron chi connectivity index (χ2n) is 4.13. The van der Waals surface area contributed by atoms with Crippen LogP contribution < -0.4 is 0 Å². The van der Waals surface area contributed by atoms with Crippen LogP contribution in [0.15, 0.2) is 46.9 Å². The van der Waals surface area contributed by atoms with Gasteiger partial charge in [-0.15, -0.1) is 0 Å². The van der Waals surface area contributed by atoms with Gasteiger partial charge in [0.05, 0.1) is 10.0 Å². The molecule has 0 aliphatic rings. The second kappa shape index (κ2) is 5.44. The van der Waals surface area contributed by atoms with Crippen molar-refractivity contribution < 1.29 is 9.18 Å². The van der Waals surface area contributed by atoms with Crippen molar-refractivity contribution in [3.63, 3.8) is 0 Å². The van der Waals surface area contributed by atoms with Crippen molar-refractivity contribution in [3.05, 3.63) is 69.4 Å². The average Bonchev–Trinajstić information content (AvgIpc) is 2.35. The standard InChI is InChI=1S/C15H12BrFO/c1-10-5-2-3-6-11(10)9-14(18)12-7-4-8-13(16)15(12)17/h2-8H,9H2,1H3. The zero-order valence-electron chi connectivity index (χ0n) is 9.91. The Morgan fingerprint density at radius 2 is 1.89 bits per heavy atom. The summed E-state index contributed by atoms with van der Waals surface area (Å²) in [6.07, 6.45) is 0.222. The minimum absolute atomic E-state index is 0.132. The Hall–Kier alpha value is -1.48. The van der Waals surface area contributed by atoms with Gasteiger partial charge in [0.2, 0.25) is 0 Å². The van der Waals surface area contributed by atoms with Crippen molar-refractivity contribution >= 4 is 21.7 Å². The molecule has 0 radical (unpaired) electrons. The highest BCUT2D eigenvalue weighted by molar-refractivity contribution is 9.10. The lowest BCUT2D eigenvalue weighted by Crippen LogP contribution is -2.07. The van der Waals surface area contributed by atoms with E-state index in [4.69, 9.17) is 0 Å². The van der Waals surface area contributed by atoms with Gasteiger partial charge in [-0.05, 0) is 46.1 Å². The smallest absolute Gasteiger partial charge is 0.170 e. The molecule has 0 heterocycles. The van der Waals surface area contributed by atoms with E-state index >= 15 is 0 Å². The second-order valence-corrected chi connectivity index (χ2v) is 4.98. The Bertz CT molecular complexity index is 593. The number of carbonyl (C=O) groups is 1. The Morgan fingerprint density at radius 1 is 1.17 bits per heavy atom. The fourth-order valence-corrected chi connectivity index (χ4v) is 2.16. The van der Waals surface area contributed by atoms with Crippen LogP contribution in [-0.2, 0) is 6.42 Å². The van der Waals surface area contributed by atoms with Crippen LogP contribution >= 0.6 is 15.9 Å². The average molecular weight is 307 g/mol. The van der Waals surface area contributed by atoms with E-state index in [2.05, 4.69) is 15.9 Å². The number of ketones is 1. The molecule has 0 atom stereocenters. The molecule has 0 saturated carbocycles. The van der Waals surface area contributed by atoms with Gasteiger partial charge in [0.1, 0.15) is 5.82 Å². The zero-order chi connectivity index (χ0) is 13.1. The van der Waals surface area contributed by atoms with Gasteiger partial charge < -0.3 is 0 Å². The van der Waals surface area contributed by atoms with Crippen LogP contribution in [0.25, 0.3) is 0 Å². The molecule has 0 spiro atoms. The molecule has 0 unspecified atom stereocenters. The summed E-state index contributed by atoms with van der Waals surface area (Å²) in [5.74, 6) is -0.695. The van der Waals surface area contributed by atoms with Gasteiger partial charge >= 0.3 is 0 Å². The fraction of sp³-hybridized carbons (Fsp3) is 0.133. The lowest BCUT2D eigenvalue weighted by molar-refractivity contribution is 0.0989. The summed E-state index contributed by atoms with van der Waals surface area (Å²) in [5, 5.41) is 0. The number of carbonyl (C=O) groups excluding carboxylic acids is 1. The third-order valence-corrected chi connectivity index (χ3v) is 3.48. The van der Waals surface area contributed by atoms with Gasteiger partial charge in [-0.25, -0.2) is 4.39 Å². The van der Waals surface area contributed by atoms with Crippen molar-refractivity contribution in [3.8, 4) is 0 Å². The third kappa shape index (κ3) is 2.67. The molecule has 0 saturated heterocycles. The number of aryl methyl sites for hydroxylation is 1. The Balaban J connectivity index is 2.28. The predicted molar refractivity (Wildman–Crippen MR) is 73.3 cm³/mol. The summed E-state index contributed by atoms with van der Waals surface area (Å²) in [7, 11) is 0. The Labute approximate surface area is 114 Å². The van der Waals surface area contributed by atoms with Crippen LogP contribution in [0.5, 0.6) is 0 Å². The van der Waals surface area contributed by atoms with E-state index in [-0.39, 0.29) is 17.8 Å². The van der Waals surface area contributed by atoms with Crippen molar-refractivity contribution in [1.82, 2.24) is 0 Å². The molecule has 2 aromatic rings. The van der Waals surface area contributed by atoms with Crippen LogP contribution in [0, 0.1) is 12.7 Å². The minimum atomic E-state index is -0.490. The SMILES string of the molecule is Cc1ccccc1CC(=O)c1cccc(Br)c1F. The first-order valence-electron chi connectivity index (χ1n) is 5.61. The summed E-state index contributed by atoms with van der Waals surface area (Å²) >= 11 is 3.09. The molecule has 1 nitrogen and oxygen atoms in total. The molecule has 0 aliphatic carbocycles. The van der Waals surface area contributed by atoms with Gasteiger partial charge in [0.25, 0.3) is 0 Å². The van der Waals surface area contributed by atoms with Gasteiger partial charge in [-0.3, -0.25) is 4.79 Å². The molecule has 0 N–H and O–H groups in total. The van der Waals surface area contributed by atoms with E-state index in [1.54, 1.807) is 12.1 Å². The molecular weight excluding hydrogens is 295 g/mol. The molecule has 2 aromatic carbocycles. The number of halogens is 2. The molecule has 0 amide bonds. The first-order chi connectivity index (χ1) is 8.59. The molecule has 0 fully saturated rings. The minimum Gasteiger partial charge on any atom is -0.294 e. The van der Waals surface area contributed by atoms with Crippen molar-refractivity contribution in [2.24, 2.45) is 0 Å².